The molecule has 2 aliphatic heterocycles. The van der Waals surface area contributed by atoms with Crippen LogP contribution in [0.4, 0.5) is 14.5 Å². The van der Waals surface area contributed by atoms with Gasteiger partial charge in [0.25, 0.3) is 0 Å². The zero-order chi connectivity index (χ0) is 27.1. The van der Waals surface area contributed by atoms with E-state index in [9.17, 15) is 13.9 Å². The predicted molar refractivity (Wildman–Crippen MR) is 143 cm³/mol. The number of nitrogens with one attached hydrogen (secondary N) is 2. The van der Waals surface area contributed by atoms with E-state index in [1.165, 1.54) is 18.5 Å². The van der Waals surface area contributed by atoms with Gasteiger partial charge in [-0.05, 0) is 43.2 Å². The number of β-amino-alcohol motifs (C(OH)–C–C–N with tert-alkyl or cyclic N) is 1. The number of benzene rings is 2. The average Bonchev–Trinajstić information content (AvgIpc) is 3.44. The number of likely N-dealkylation sites (tertiary alicyclic amines) is 1. The molecule has 11 heteroatoms. The molecule has 0 radical (unpaired) electrons. The smallest absolute Gasteiger partial charge is 0.137 e. The van der Waals surface area contributed by atoms with Gasteiger partial charge in [0.05, 0.1) is 13.2 Å². The van der Waals surface area contributed by atoms with Gasteiger partial charge < -0.3 is 19.9 Å². The summed E-state index contributed by atoms with van der Waals surface area (Å²) in [5.74, 6) is -0.172. The second-order valence-corrected chi connectivity index (χ2v) is 10.3. The molecule has 1 atom stereocenters. The van der Waals surface area contributed by atoms with Crippen molar-refractivity contribution < 1.29 is 23.4 Å². The topological polar surface area (TPSA) is 98.8 Å². The monoisotopic (exact) mass is 542 g/mol. The van der Waals surface area contributed by atoms with Crippen molar-refractivity contribution in [2.45, 2.75) is 30.9 Å². The molecule has 0 saturated carbocycles. The summed E-state index contributed by atoms with van der Waals surface area (Å²) in [6, 6.07) is 11.6. The molecule has 3 aromatic rings. The lowest BCUT2D eigenvalue weighted by atomic mass is 9.88. The SMILES string of the molecule is OC(Cc1ncn[nH]1)(CN1CCC(Nc2ccc(OCCN3CCOCC3)cc2)CC1)c1ccc(F)cc1F. The summed E-state index contributed by atoms with van der Waals surface area (Å²) in [6.45, 7) is 6.66. The summed E-state index contributed by atoms with van der Waals surface area (Å²) < 4.78 is 39.6. The number of nitrogens with zero attached hydrogens (tertiary/aromatic N) is 4. The van der Waals surface area contributed by atoms with E-state index in [0.717, 1.165) is 76.3 Å². The molecule has 3 heterocycles. The molecule has 2 aliphatic rings. The van der Waals surface area contributed by atoms with Crippen LogP contribution >= 0.6 is 0 Å². The third-order valence-corrected chi connectivity index (χ3v) is 7.44. The Balaban J connectivity index is 1.12. The number of ether oxygens (including phenoxy) is 2. The normalized spacial score (nSPS) is 19.1. The molecule has 39 heavy (non-hydrogen) atoms. The van der Waals surface area contributed by atoms with Crippen LogP contribution in [0.1, 0.15) is 24.2 Å². The molecular weight excluding hydrogens is 506 g/mol. The first kappa shape index (κ1) is 27.4. The molecule has 1 aromatic heterocycles. The molecule has 3 N–H and O–H groups in total. The molecule has 2 saturated heterocycles. The summed E-state index contributed by atoms with van der Waals surface area (Å²) in [4.78, 5) is 8.56. The number of rotatable bonds is 11. The Kier molecular flexibility index (Phi) is 9.02. The van der Waals surface area contributed by atoms with E-state index in [-0.39, 0.29) is 24.6 Å². The van der Waals surface area contributed by atoms with Gasteiger partial charge in [-0.25, -0.2) is 13.8 Å². The fourth-order valence-electron chi connectivity index (χ4n) is 5.30. The zero-order valence-corrected chi connectivity index (χ0v) is 22.0. The van der Waals surface area contributed by atoms with Crippen LogP contribution in [-0.4, -0.2) is 95.2 Å². The number of hydrogen-bond acceptors (Lipinski definition) is 8. The molecule has 5 rings (SSSR count). The quantitative estimate of drug-likeness (QED) is 0.340. The molecule has 2 aromatic carbocycles. The number of halogens is 2. The predicted octanol–water partition coefficient (Wildman–Crippen LogP) is 2.80. The summed E-state index contributed by atoms with van der Waals surface area (Å²) >= 11 is 0. The molecule has 9 nitrogen and oxygen atoms in total. The van der Waals surface area contributed by atoms with E-state index < -0.39 is 17.2 Å². The first-order valence-corrected chi connectivity index (χ1v) is 13.5. The first-order chi connectivity index (χ1) is 19.0. The van der Waals surface area contributed by atoms with E-state index in [2.05, 4.69) is 30.3 Å². The molecule has 210 valence electrons. The van der Waals surface area contributed by atoms with Gasteiger partial charge in [0.2, 0.25) is 0 Å². The zero-order valence-electron chi connectivity index (χ0n) is 22.0. The van der Waals surface area contributed by atoms with Crippen molar-refractivity contribution in [3.63, 3.8) is 0 Å². The van der Waals surface area contributed by atoms with Crippen molar-refractivity contribution in [1.29, 1.82) is 0 Å². The van der Waals surface area contributed by atoms with E-state index in [0.29, 0.717) is 12.4 Å². The van der Waals surface area contributed by atoms with Crippen molar-refractivity contribution in [1.82, 2.24) is 25.0 Å². The number of aromatic amines is 1. The largest absolute Gasteiger partial charge is 0.492 e. The molecule has 0 bridgehead atoms. The highest BCUT2D eigenvalue weighted by atomic mass is 19.1. The first-order valence-electron chi connectivity index (χ1n) is 13.5. The number of piperidine rings is 1. The number of morpholine rings is 1. The average molecular weight is 543 g/mol. The van der Waals surface area contributed by atoms with Crippen LogP contribution in [0, 0.1) is 11.6 Å². The van der Waals surface area contributed by atoms with Crippen molar-refractivity contribution in [3.8, 4) is 5.75 Å². The van der Waals surface area contributed by atoms with Gasteiger partial charge in [-0.2, -0.15) is 5.10 Å². The molecule has 1 unspecified atom stereocenters. The Morgan fingerprint density at radius 1 is 1.05 bits per heavy atom. The van der Waals surface area contributed by atoms with Crippen LogP contribution in [0.2, 0.25) is 0 Å². The van der Waals surface area contributed by atoms with Gasteiger partial charge in [-0.3, -0.25) is 14.9 Å². The number of hydrogen-bond donors (Lipinski definition) is 3. The fraction of sp³-hybridized carbons (Fsp3) is 0.500. The van der Waals surface area contributed by atoms with Crippen LogP contribution in [0.5, 0.6) is 5.75 Å². The van der Waals surface area contributed by atoms with Gasteiger partial charge in [-0.1, -0.05) is 6.07 Å². The Morgan fingerprint density at radius 3 is 2.51 bits per heavy atom. The van der Waals surface area contributed by atoms with E-state index in [4.69, 9.17) is 9.47 Å². The lowest BCUT2D eigenvalue weighted by molar-refractivity contribution is -0.0107. The van der Waals surface area contributed by atoms with Crippen LogP contribution in [-0.2, 0) is 16.8 Å². The maximum absolute atomic E-state index is 14.7. The summed E-state index contributed by atoms with van der Waals surface area (Å²) in [5.41, 5.74) is -0.508. The minimum Gasteiger partial charge on any atom is -0.492 e. The molecule has 0 spiro atoms. The van der Waals surface area contributed by atoms with Crippen molar-refractivity contribution >= 4 is 5.69 Å². The van der Waals surface area contributed by atoms with Gasteiger partial charge in [0.1, 0.15) is 41.7 Å². The molecule has 0 amide bonds. The second kappa shape index (κ2) is 12.8. The number of anilines is 1. The Bertz CT molecular complexity index is 1170. The molecule has 0 aliphatic carbocycles. The van der Waals surface area contributed by atoms with E-state index in [1.54, 1.807) is 0 Å². The highest BCUT2D eigenvalue weighted by Gasteiger charge is 2.37. The van der Waals surface area contributed by atoms with E-state index in [1.807, 2.05) is 24.3 Å². The highest BCUT2D eigenvalue weighted by Crippen LogP contribution is 2.30. The third-order valence-electron chi connectivity index (χ3n) is 7.44. The second-order valence-electron chi connectivity index (χ2n) is 10.3. The minimum absolute atomic E-state index is 0.0363. The number of aromatic nitrogens is 3. The van der Waals surface area contributed by atoms with Crippen molar-refractivity contribution in [2.24, 2.45) is 0 Å². The summed E-state index contributed by atoms with van der Waals surface area (Å²) in [5, 5.41) is 21.8. The number of aliphatic hydroxyl groups is 1. The fourth-order valence-corrected chi connectivity index (χ4v) is 5.30. The Hall–Kier alpha value is -3.12. The highest BCUT2D eigenvalue weighted by molar-refractivity contribution is 5.47. The standard InChI is InChI=1S/C28H36F2N6O3/c29-21-1-6-25(26(30)17-21)28(37,18-27-31-20-32-34-27)19-36-9-7-23(8-10-36)33-22-2-4-24(5-3-22)39-16-13-35-11-14-38-15-12-35/h1-6,17,20,23,33,37H,7-16,18-19H2,(H,31,32,34). The minimum atomic E-state index is -1.59. The van der Waals surface area contributed by atoms with Crippen molar-refractivity contribution in [3.05, 3.63) is 71.8 Å². The van der Waals surface area contributed by atoms with Crippen LogP contribution in [0.15, 0.2) is 48.8 Å². The van der Waals surface area contributed by atoms with Gasteiger partial charge >= 0.3 is 0 Å². The molecule has 2 fully saturated rings. The summed E-state index contributed by atoms with van der Waals surface area (Å²) in [7, 11) is 0. The summed E-state index contributed by atoms with van der Waals surface area (Å²) in [6.07, 6.45) is 3.11. The van der Waals surface area contributed by atoms with Crippen LogP contribution in [0.25, 0.3) is 0 Å². The Morgan fingerprint density at radius 2 is 1.82 bits per heavy atom. The maximum Gasteiger partial charge on any atom is 0.137 e. The third kappa shape index (κ3) is 7.51. The number of H-pyrrole nitrogens is 1. The van der Waals surface area contributed by atoms with Crippen molar-refractivity contribution in [2.75, 3.05) is 64.4 Å². The Labute approximate surface area is 227 Å². The molecular formula is C28H36F2N6O3. The maximum atomic E-state index is 14.7. The van der Waals surface area contributed by atoms with Gasteiger partial charge in [0.15, 0.2) is 0 Å². The van der Waals surface area contributed by atoms with Crippen LogP contribution < -0.4 is 10.1 Å². The lowest BCUT2D eigenvalue weighted by Gasteiger charge is -2.38. The van der Waals surface area contributed by atoms with Gasteiger partial charge in [-0.15, -0.1) is 0 Å². The lowest BCUT2D eigenvalue weighted by Crippen LogP contribution is -2.48. The van der Waals surface area contributed by atoms with Crippen LogP contribution in [0.3, 0.4) is 0 Å². The van der Waals surface area contributed by atoms with Gasteiger partial charge in [0, 0.05) is 69.0 Å². The van der Waals surface area contributed by atoms with E-state index >= 15 is 0 Å².